The molecule has 0 aromatic heterocycles. The summed E-state index contributed by atoms with van der Waals surface area (Å²) in [5.41, 5.74) is -1.71. The van der Waals surface area contributed by atoms with E-state index in [1.807, 2.05) is 20.8 Å². The van der Waals surface area contributed by atoms with E-state index in [1.165, 1.54) is 4.90 Å². The highest BCUT2D eigenvalue weighted by Crippen LogP contribution is 2.38. The van der Waals surface area contributed by atoms with Gasteiger partial charge < -0.3 is 15.0 Å². The van der Waals surface area contributed by atoms with Crippen molar-refractivity contribution in [3.05, 3.63) is 0 Å². The van der Waals surface area contributed by atoms with Gasteiger partial charge in [-0.05, 0) is 52.6 Å². The van der Waals surface area contributed by atoms with E-state index in [0.717, 1.165) is 25.9 Å². The van der Waals surface area contributed by atoms with E-state index in [4.69, 9.17) is 4.74 Å². The Morgan fingerprint density at radius 2 is 1.89 bits per heavy atom. The summed E-state index contributed by atoms with van der Waals surface area (Å²) >= 11 is 0. The molecule has 2 aliphatic heterocycles. The number of hydrogen-bond acceptors (Lipinski definition) is 3. The predicted molar refractivity (Wildman–Crippen MR) is 67.2 cm³/mol. The first kappa shape index (κ1) is 13.6. The Bertz CT molecular complexity index is 315. The third-order valence-electron chi connectivity index (χ3n) is 3.63. The Labute approximate surface area is 108 Å². The molecule has 0 bridgehead atoms. The molecule has 1 amide bonds. The van der Waals surface area contributed by atoms with Crippen LogP contribution in [-0.4, -0.2) is 48.4 Å². The van der Waals surface area contributed by atoms with Crippen LogP contribution in [0.3, 0.4) is 0 Å². The third kappa shape index (κ3) is 2.94. The standard InChI is InChI=1S/C13H23FN2O2/c1-12(2,3)18-11(17)16-8-13(14,9-16)10-4-6-15-7-5-10/h10,15H,4-9H2,1-3H3. The number of carbonyl (C=O) groups is 1. The Hall–Kier alpha value is -0.840. The van der Waals surface area contributed by atoms with Crippen LogP contribution in [0, 0.1) is 5.92 Å². The lowest BCUT2D eigenvalue weighted by Crippen LogP contribution is -2.65. The Morgan fingerprint density at radius 3 is 2.39 bits per heavy atom. The minimum Gasteiger partial charge on any atom is -0.444 e. The fourth-order valence-corrected chi connectivity index (χ4v) is 2.64. The second-order valence-corrected chi connectivity index (χ2v) is 6.40. The highest BCUT2D eigenvalue weighted by Gasteiger charge is 2.52. The number of nitrogens with zero attached hydrogens (tertiary/aromatic N) is 1. The molecule has 0 aromatic rings. The molecular weight excluding hydrogens is 235 g/mol. The minimum atomic E-state index is -1.20. The van der Waals surface area contributed by atoms with Crippen molar-refractivity contribution in [3.8, 4) is 0 Å². The van der Waals surface area contributed by atoms with Gasteiger partial charge in [0.15, 0.2) is 0 Å². The zero-order valence-corrected chi connectivity index (χ0v) is 11.5. The molecule has 0 aliphatic carbocycles. The molecule has 0 spiro atoms. The van der Waals surface area contributed by atoms with Crippen LogP contribution in [0.2, 0.25) is 0 Å². The average Bonchev–Trinajstić information content (AvgIpc) is 2.23. The number of amides is 1. The molecule has 0 aromatic carbocycles. The summed E-state index contributed by atoms with van der Waals surface area (Å²) in [6, 6.07) is 0. The van der Waals surface area contributed by atoms with Gasteiger partial charge in [-0.2, -0.15) is 0 Å². The van der Waals surface area contributed by atoms with Crippen LogP contribution in [0.15, 0.2) is 0 Å². The lowest BCUT2D eigenvalue weighted by molar-refractivity contribution is -0.0852. The fraction of sp³-hybridized carbons (Fsp3) is 0.923. The van der Waals surface area contributed by atoms with Gasteiger partial charge in [0.2, 0.25) is 0 Å². The summed E-state index contributed by atoms with van der Waals surface area (Å²) in [6.45, 7) is 7.59. The first-order valence-electron chi connectivity index (χ1n) is 6.68. The maximum Gasteiger partial charge on any atom is 0.410 e. The van der Waals surface area contributed by atoms with Crippen LogP contribution >= 0.6 is 0 Å². The third-order valence-corrected chi connectivity index (χ3v) is 3.63. The Morgan fingerprint density at radius 1 is 1.33 bits per heavy atom. The molecule has 5 heteroatoms. The molecule has 4 nitrogen and oxygen atoms in total. The van der Waals surface area contributed by atoms with Crippen LogP contribution in [-0.2, 0) is 4.74 Å². The van der Waals surface area contributed by atoms with E-state index in [-0.39, 0.29) is 19.0 Å². The number of piperidine rings is 1. The first-order chi connectivity index (χ1) is 8.30. The van der Waals surface area contributed by atoms with Gasteiger partial charge in [0, 0.05) is 0 Å². The van der Waals surface area contributed by atoms with Gasteiger partial charge in [0.25, 0.3) is 0 Å². The fourth-order valence-electron chi connectivity index (χ4n) is 2.64. The summed E-state index contributed by atoms with van der Waals surface area (Å²) < 4.78 is 19.8. The maximum atomic E-state index is 14.6. The molecule has 2 rings (SSSR count). The van der Waals surface area contributed by atoms with Crippen molar-refractivity contribution in [3.63, 3.8) is 0 Å². The van der Waals surface area contributed by atoms with E-state index in [2.05, 4.69) is 5.32 Å². The molecule has 0 radical (unpaired) electrons. The van der Waals surface area contributed by atoms with Crippen molar-refractivity contribution in [1.82, 2.24) is 10.2 Å². The number of hydrogen-bond donors (Lipinski definition) is 1. The van der Waals surface area contributed by atoms with Crippen molar-refractivity contribution >= 4 is 6.09 Å². The van der Waals surface area contributed by atoms with E-state index in [9.17, 15) is 9.18 Å². The zero-order valence-electron chi connectivity index (χ0n) is 11.5. The number of halogens is 1. The van der Waals surface area contributed by atoms with Gasteiger partial charge in [-0.15, -0.1) is 0 Å². The molecule has 2 aliphatic rings. The molecule has 2 saturated heterocycles. The highest BCUT2D eigenvalue weighted by atomic mass is 19.1. The van der Waals surface area contributed by atoms with Crippen LogP contribution in [0.5, 0.6) is 0 Å². The number of alkyl halides is 1. The summed E-state index contributed by atoms with van der Waals surface area (Å²) in [4.78, 5) is 13.2. The van der Waals surface area contributed by atoms with Gasteiger partial charge in [-0.25, -0.2) is 9.18 Å². The maximum absolute atomic E-state index is 14.6. The first-order valence-corrected chi connectivity index (χ1v) is 6.68. The molecule has 1 N–H and O–H groups in total. The molecule has 2 heterocycles. The van der Waals surface area contributed by atoms with Crippen LogP contribution in [0.1, 0.15) is 33.6 Å². The Balaban J connectivity index is 1.83. The quantitative estimate of drug-likeness (QED) is 0.781. The van der Waals surface area contributed by atoms with Gasteiger partial charge in [-0.1, -0.05) is 0 Å². The molecular formula is C13H23FN2O2. The van der Waals surface area contributed by atoms with Gasteiger partial charge >= 0.3 is 6.09 Å². The van der Waals surface area contributed by atoms with Crippen molar-refractivity contribution in [2.24, 2.45) is 5.92 Å². The summed E-state index contributed by atoms with van der Waals surface area (Å²) in [7, 11) is 0. The van der Waals surface area contributed by atoms with E-state index in [1.54, 1.807) is 0 Å². The Kier molecular flexibility index (Phi) is 3.54. The average molecular weight is 258 g/mol. The van der Waals surface area contributed by atoms with Crippen molar-refractivity contribution in [2.75, 3.05) is 26.2 Å². The topological polar surface area (TPSA) is 41.6 Å². The van der Waals surface area contributed by atoms with Gasteiger partial charge in [-0.3, -0.25) is 0 Å². The number of likely N-dealkylation sites (tertiary alicyclic amines) is 1. The second kappa shape index (κ2) is 4.68. The summed E-state index contributed by atoms with van der Waals surface area (Å²) in [5, 5.41) is 3.23. The van der Waals surface area contributed by atoms with E-state index < -0.39 is 17.4 Å². The van der Waals surface area contributed by atoms with Crippen molar-refractivity contribution < 1.29 is 13.9 Å². The van der Waals surface area contributed by atoms with Crippen LogP contribution in [0.4, 0.5) is 9.18 Å². The van der Waals surface area contributed by atoms with Crippen LogP contribution < -0.4 is 5.32 Å². The predicted octanol–water partition coefficient (Wildman–Crippen LogP) is 1.95. The minimum absolute atomic E-state index is 0.0810. The number of ether oxygens (including phenoxy) is 1. The van der Waals surface area contributed by atoms with Crippen molar-refractivity contribution in [1.29, 1.82) is 0 Å². The molecule has 0 saturated carbocycles. The molecule has 18 heavy (non-hydrogen) atoms. The van der Waals surface area contributed by atoms with Crippen LogP contribution in [0.25, 0.3) is 0 Å². The normalized spacial score (nSPS) is 24.6. The highest BCUT2D eigenvalue weighted by molar-refractivity contribution is 5.69. The van der Waals surface area contributed by atoms with E-state index >= 15 is 0 Å². The molecule has 0 atom stereocenters. The lowest BCUT2D eigenvalue weighted by Gasteiger charge is -2.49. The van der Waals surface area contributed by atoms with Gasteiger partial charge in [0.1, 0.15) is 11.3 Å². The number of nitrogens with one attached hydrogen (secondary N) is 1. The zero-order chi connectivity index (χ0) is 13.4. The van der Waals surface area contributed by atoms with Gasteiger partial charge in [0.05, 0.1) is 13.1 Å². The summed E-state index contributed by atoms with van der Waals surface area (Å²) in [5.74, 6) is 0.0810. The number of rotatable bonds is 1. The van der Waals surface area contributed by atoms with Crippen molar-refractivity contribution in [2.45, 2.75) is 44.9 Å². The second-order valence-electron chi connectivity index (χ2n) is 6.40. The molecule has 2 fully saturated rings. The largest absolute Gasteiger partial charge is 0.444 e. The SMILES string of the molecule is CC(C)(C)OC(=O)N1CC(F)(C2CCNCC2)C1. The smallest absolute Gasteiger partial charge is 0.410 e. The van der Waals surface area contributed by atoms with E-state index in [0.29, 0.717) is 0 Å². The number of carbonyl (C=O) groups excluding carboxylic acids is 1. The molecule has 0 unspecified atom stereocenters. The monoisotopic (exact) mass is 258 g/mol. The lowest BCUT2D eigenvalue weighted by atomic mass is 9.77. The summed E-state index contributed by atoms with van der Waals surface area (Å²) in [6.07, 6.45) is 1.32. The molecule has 104 valence electrons.